The molecule has 2 heterocycles. The molecule has 0 spiro atoms. The van der Waals surface area contributed by atoms with E-state index in [2.05, 4.69) is 6.58 Å². The van der Waals surface area contributed by atoms with Crippen molar-refractivity contribution in [2.45, 2.75) is 86.2 Å². The summed E-state index contributed by atoms with van der Waals surface area (Å²) in [6, 6.07) is 6.41. The van der Waals surface area contributed by atoms with Gasteiger partial charge in [0, 0.05) is 37.0 Å². The fourth-order valence-corrected chi connectivity index (χ4v) is 5.45. The summed E-state index contributed by atoms with van der Waals surface area (Å²) in [5, 5.41) is 22.5. The molecular weight excluding hydrogens is 536 g/mol. The lowest BCUT2D eigenvalue weighted by Crippen LogP contribution is -2.35. The minimum Gasteiger partial charge on any atom is -0.331 e. The maximum atomic E-state index is 12.7. The molecule has 0 saturated carbocycles. The SMILES string of the molecule is C=C1C[C@@H](CC)N(C(=O)c2cc(C)c(C)cc2[N+](=O)[O-])C1.CC[C@@H]1CC(C)=CN1C(=O)c1cc(C)c(C)cc1[N+](=O)[O-]. The molecule has 2 atom stereocenters. The van der Waals surface area contributed by atoms with E-state index < -0.39 is 9.85 Å². The molecule has 0 unspecified atom stereocenters. The zero-order chi connectivity index (χ0) is 31.5. The average molecular weight is 577 g/mol. The van der Waals surface area contributed by atoms with Gasteiger partial charge in [-0.05, 0) is 94.7 Å². The lowest BCUT2D eigenvalue weighted by molar-refractivity contribution is -0.385. The molecule has 0 aliphatic carbocycles. The molecule has 224 valence electrons. The maximum absolute atomic E-state index is 12.7. The Bertz CT molecular complexity index is 1480. The van der Waals surface area contributed by atoms with Crippen LogP contribution in [0, 0.1) is 47.9 Å². The number of carbonyl (C=O) groups excluding carboxylic acids is 2. The van der Waals surface area contributed by atoms with Gasteiger partial charge in [-0.2, -0.15) is 0 Å². The molecule has 2 aliphatic heterocycles. The molecule has 2 aromatic rings. The minimum absolute atomic E-state index is 0.0891. The molecule has 10 nitrogen and oxygen atoms in total. The molecule has 0 radical (unpaired) electrons. The molecule has 0 aromatic heterocycles. The molecule has 2 aliphatic rings. The largest absolute Gasteiger partial charge is 0.331 e. The maximum Gasteiger partial charge on any atom is 0.282 e. The van der Waals surface area contributed by atoms with E-state index in [1.165, 1.54) is 12.1 Å². The van der Waals surface area contributed by atoms with E-state index in [4.69, 9.17) is 0 Å². The third-order valence-electron chi connectivity index (χ3n) is 8.19. The van der Waals surface area contributed by atoms with Crippen molar-refractivity contribution in [1.29, 1.82) is 0 Å². The van der Waals surface area contributed by atoms with Gasteiger partial charge in [-0.3, -0.25) is 29.8 Å². The summed E-state index contributed by atoms with van der Waals surface area (Å²) >= 11 is 0. The normalized spacial score (nSPS) is 18.0. The van der Waals surface area contributed by atoms with Gasteiger partial charge < -0.3 is 9.80 Å². The van der Waals surface area contributed by atoms with E-state index in [9.17, 15) is 29.8 Å². The molecule has 1 saturated heterocycles. The van der Waals surface area contributed by atoms with E-state index in [0.29, 0.717) is 6.54 Å². The van der Waals surface area contributed by atoms with Crippen LogP contribution in [0.3, 0.4) is 0 Å². The number of hydrogen-bond acceptors (Lipinski definition) is 6. The van der Waals surface area contributed by atoms with Gasteiger partial charge in [0.15, 0.2) is 0 Å². The van der Waals surface area contributed by atoms with Crippen molar-refractivity contribution in [3.63, 3.8) is 0 Å². The average Bonchev–Trinajstić information content (AvgIpc) is 3.52. The van der Waals surface area contributed by atoms with Crippen LogP contribution in [0.15, 0.2) is 48.2 Å². The highest BCUT2D eigenvalue weighted by atomic mass is 16.6. The Kier molecular flexibility index (Phi) is 10.0. The van der Waals surface area contributed by atoms with Crippen molar-refractivity contribution in [3.8, 4) is 0 Å². The Morgan fingerprint density at radius 3 is 1.69 bits per heavy atom. The van der Waals surface area contributed by atoms with Gasteiger partial charge in [-0.1, -0.05) is 31.6 Å². The molecule has 1 fully saturated rings. The monoisotopic (exact) mass is 576 g/mol. The Balaban J connectivity index is 0.000000230. The highest BCUT2D eigenvalue weighted by Crippen LogP contribution is 2.31. The van der Waals surface area contributed by atoms with E-state index >= 15 is 0 Å². The smallest absolute Gasteiger partial charge is 0.282 e. The van der Waals surface area contributed by atoms with E-state index in [1.807, 2.05) is 54.7 Å². The van der Waals surface area contributed by atoms with Crippen molar-refractivity contribution < 1.29 is 19.4 Å². The van der Waals surface area contributed by atoms with Crippen LogP contribution in [-0.4, -0.2) is 50.1 Å². The number of benzene rings is 2. The van der Waals surface area contributed by atoms with E-state index in [0.717, 1.165) is 59.1 Å². The summed E-state index contributed by atoms with van der Waals surface area (Å²) in [5.74, 6) is -0.552. The molecule has 0 bridgehead atoms. The summed E-state index contributed by atoms with van der Waals surface area (Å²) in [6.07, 6.45) is 5.08. The van der Waals surface area contributed by atoms with Crippen LogP contribution in [0.2, 0.25) is 0 Å². The van der Waals surface area contributed by atoms with Crippen molar-refractivity contribution >= 4 is 23.2 Å². The number of nitro benzene ring substituents is 2. The molecule has 2 aromatic carbocycles. The van der Waals surface area contributed by atoms with Crippen LogP contribution in [0.5, 0.6) is 0 Å². The number of rotatable bonds is 6. The Morgan fingerprint density at radius 1 is 0.786 bits per heavy atom. The fourth-order valence-electron chi connectivity index (χ4n) is 5.45. The number of hydrogen-bond donors (Lipinski definition) is 0. The predicted octanol–water partition coefficient (Wildman–Crippen LogP) is 7.13. The third-order valence-corrected chi connectivity index (χ3v) is 8.19. The molecule has 4 rings (SSSR count). The van der Waals surface area contributed by atoms with Crippen molar-refractivity contribution in [2.75, 3.05) is 6.54 Å². The minimum atomic E-state index is -0.481. The van der Waals surface area contributed by atoms with Crippen LogP contribution >= 0.6 is 0 Å². The Hall–Kier alpha value is -4.34. The summed E-state index contributed by atoms with van der Waals surface area (Å²) in [4.78, 5) is 50.3. The Labute approximate surface area is 247 Å². The van der Waals surface area contributed by atoms with Crippen LogP contribution in [0.1, 0.15) is 89.4 Å². The second-order valence-electron chi connectivity index (χ2n) is 11.3. The summed E-state index contributed by atoms with van der Waals surface area (Å²) < 4.78 is 0. The molecule has 42 heavy (non-hydrogen) atoms. The number of carbonyl (C=O) groups is 2. The first-order valence-corrected chi connectivity index (χ1v) is 14.2. The van der Waals surface area contributed by atoms with E-state index in [1.54, 1.807) is 21.9 Å². The molecular formula is C32H40N4O6. The van der Waals surface area contributed by atoms with Crippen molar-refractivity contribution in [1.82, 2.24) is 9.80 Å². The van der Waals surface area contributed by atoms with Crippen molar-refractivity contribution in [2.24, 2.45) is 0 Å². The number of likely N-dealkylation sites (tertiary alicyclic amines) is 1. The number of nitrogens with zero attached hydrogens (tertiary/aromatic N) is 4. The zero-order valence-corrected chi connectivity index (χ0v) is 25.5. The number of nitro groups is 2. The Morgan fingerprint density at radius 2 is 1.24 bits per heavy atom. The van der Waals surface area contributed by atoms with Crippen LogP contribution in [0.4, 0.5) is 11.4 Å². The predicted molar refractivity (Wildman–Crippen MR) is 163 cm³/mol. The summed E-state index contributed by atoms with van der Waals surface area (Å²) in [5.41, 5.74) is 5.65. The first-order valence-electron chi connectivity index (χ1n) is 14.2. The number of amides is 2. The van der Waals surface area contributed by atoms with Gasteiger partial charge >= 0.3 is 0 Å². The van der Waals surface area contributed by atoms with Gasteiger partial charge in [0.25, 0.3) is 23.2 Å². The van der Waals surface area contributed by atoms with Gasteiger partial charge in [0.1, 0.15) is 11.1 Å². The quantitative estimate of drug-likeness (QED) is 0.204. The van der Waals surface area contributed by atoms with Gasteiger partial charge in [-0.15, -0.1) is 0 Å². The second-order valence-corrected chi connectivity index (χ2v) is 11.3. The lowest BCUT2D eigenvalue weighted by atomic mass is 10.0. The molecule has 10 heteroatoms. The fraction of sp³-hybridized carbons (Fsp3) is 0.438. The highest BCUT2D eigenvalue weighted by Gasteiger charge is 2.34. The highest BCUT2D eigenvalue weighted by molar-refractivity contribution is 6.00. The topological polar surface area (TPSA) is 127 Å². The standard InChI is InChI=1S/2C16H20N2O3/c2*1-5-13-6-10(2)9-17(13)16(19)14-7-11(3)12(4)8-15(14)18(20)21/h7-9,13H,5-6H2,1-4H3;7-8,13H,2,5-6,9H2,1,3-4H3/t2*13-/m11/s1. The number of aryl methyl sites for hydroxylation is 4. The first kappa shape index (κ1) is 32.2. The van der Waals surface area contributed by atoms with Crippen LogP contribution < -0.4 is 0 Å². The van der Waals surface area contributed by atoms with Crippen LogP contribution in [-0.2, 0) is 0 Å². The van der Waals surface area contributed by atoms with Gasteiger partial charge in [0.2, 0.25) is 0 Å². The molecule has 2 amide bonds. The van der Waals surface area contributed by atoms with Gasteiger partial charge in [0.05, 0.1) is 9.85 Å². The van der Waals surface area contributed by atoms with Gasteiger partial charge in [-0.25, -0.2) is 0 Å². The van der Waals surface area contributed by atoms with Crippen molar-refractivity contribution in [3.05, 3.63) is 102 Å². The third kappa shape index (κ3) is 6.75. The zero-order valence-electron chi connectivity index (χ0n) is 25.5. The molecule has 0 N–H and O–H groups in total. The van der Waals surface area contributed by atoms with Crippen LogP contribution in [0.25, 0.3) is 0 Å². The summed E-state index contributed by atoms with van der Waals surface area (Å²) in [7, 11) is 0. The lowest BCUT2D eigenvalue weighted by Gasteiger charge is -2.23. The first-order chi connectivity index (χ1) is 19.7. The summed E-state index contributed by atoms with van der Waals surface area (Å²) in [6.45, 7) is 17.8. The van der Waals surface area contributed by atoms with E-state index in [-0.39, 0.29) is 46.4 Å². The second kappa shape index (κ2) is 13.1.